The lowest BCUT2D eigenvalue weighted by molar-refractivity contribution is 0.185. The lowest BCUT2D eigenvalue weighted by Gasteiger charge is -1.89. The smallest absolute Gasteiger partial charge is 0.361 e. The molecule has 62 valence electrons. The van der Waals surface area contributed by atoms with Crippen LogP contribution in [0.5, 0.6) is 0 Å². The molecule has 1 aromatic heterocycles. The first kappa shape index (κ1) is 6.97. The summed E-state index contributed by atoms with van der Waals surface area (Å²) in [4.78, 5) is 11.2. The maximum Gasteiger partial charge on any atom is 0.361 e. The summed E-state index contributed by atoms with van der Waals surface area (Å²) < 4.78 is 2.05. The Bertz CT molecular complexity index is 439. The first-order valence-corrected chi connectivity index (χ1v) is 3.57. The SMILES string of the molecule is Cn1c(=O)n(O)c2ccccc21. The summed E-state index contributed by atoms with van der Waals surface area (Å²) in [6.07, 6.45) is 0. The predicted molar refractivity (Wildman–Crippen MR) is 44.4 cm³/mol. The van der Waals surface area contributed by atoms with Crippen LogP contribution in [0.4, 0.5) is 0 Å². The van der Waals surface area contributed by atoms with Crippen LogP contribution in [-0.2, 0) is 7.05 Å². The monoisotopic (exact) mass is 164 g/mol. The Morgan fingerprint density at radius 1 is 1.25 bits per heavy atom. The van der Waals surface area contributed by atoms with E-state index in [2.05, 4.69) is 0 Å². The summed E-state index contributed by atoms with van der Waals surface area (Å²) in [5, 5.41) is 9.26. The minimum absolute atomic E-state index is 0.420. The fraction of sp³-hybridized carbons (Fsp3) is 0.125. The van der Waals surface area contributed by atoms with E-state index in [1.165, 1.54) is 4.57 Å². The Morgan fingerprint density at radius 3 is 2.42 bits per heavy atom. The van der Waals surface area contributed by atoms with Crippen LogP contribution in [0.3, 0.4) is 0 Å². The minimum atomic E-state index is -0.420. The van der Waals surface area contributed by atoms with Gasteiger partial charge in [-0.25, -0.2) is 4.79 Å². The third-order valence-corrected chi connectivity index (χ3v) is 1.94. The van der Waals surface area contributed by atoms with E-state index in [0.717, 1.165) is 5.52 Å². The Hall–Kier alpha value is -1.71. The quantitative estimate of drug-likeness (QED) is 0.579. The van der Waals surface area contributed by atoms with Crippen LogP contribution >= 0.6 is 0 Å². The molecule has 0 saturated heterocycles. The minimum Gasteiger partial charge on any atom is -0.424 e. The van der Waals surface area contributed by atoms with E-state index in [0.29, 0.717) is 10.2 Å². The molecule has 0 spiro atoms. The van der Waals surface area contributed by atoms with Crippen LogP contribution in [-0.4, -0.2) is 14.5 Å². The molecule has 0 saturated carbocycles. The molecule has 1 heterocycles. The summed E-state index contributed by atoms with van der Waals surface area (Å²) in [5.41, 5.74) is 0.839. The highest BCUT2D eigenvalue weighted by molar-refractivity contribution is 5.75. The van der Waals surface area contributed by atoms with Gasteiger partial charge in [0.05, 0.1) is 5.52 Å². The van der Waals surface area contributed by atoms with Crippen molar-refractivity contribution in [1.29, 1.82) is 0 Å². The Morgan fingerprint density at radius 2 is 1.83 bits per heavy atom. The molecule has 1 aromatic carbocycles. The maximum absolute atomic E-state index is 11.2. The zero-order chi connectivity index (χ0) is 8.72. The van der Waals surface area contributed by atoms with Gasteiger partial charge in [-0.15, -0.1) is 4.73 Å². The average molecular weight is 164 g/mol. The summed E-state index contributed by atoms with van der Waals surface area (Å²) in [6, 6.07) is 7.07. The van der Waals surface area contributed by atoms with Crippen molar-refractivity contribution in [2.45, 2.75) is 0 Å². The number of aromatic nitrogens is 2. The van der Waals surface area contributed by atoms with Crippen LogP contribution in [0.2, 0.25) is 0 Å². The number of benzene rings is 1. The van der Waals surface area contributed by atoms with Crippen LogP contribution in [0.25, 0.3) is 11.0 Å². The highest BCUT2D eigenvalue weighted by Gasteiger charge is 2.06. The zero-order valence-electron chi connectivity index (χ0n) is 6.56. The molecule has 0 bridgehead atoms. The summed E-state index contributed by atoms with van der Waals surface area (Å²) in [6.45, 7) is 0. The number of imidazole rings is 1. The standard InChI is InChI=1S/C8H8N2O2/c1-9-6-4-2-3-5-7(6)10(12)8(9)11/h2-5,12H,1H3. The van der Waals surface area contributed by atoms with Crippen LogP contribution in [0.15, 0.2) is 29.1 Å². The molecule has 4 heteroatoms. The van der Waals surface area contributed by atoms with Crippen molar-refractivity contribution in [2.75, 3.05) is 0 Å². The van der Waals surface area contributed by atoms with Gasteiger partial charge >= 0.3 is 5.69 Å². The molecule has 1 N–H and O–H groups in total. The second-order valence-corrected chi connectivity index (χ2v) is 2.64. The number of para-hydroxylation sites is 2. The van der Waals surface area contributed by atoms with Gasteiger partial charge in [-0.1, -0.05) is 12.1 Å². The lowest BCUT2D eigenvalue weighted by Crippen LogP contribution is -2.19. The van der Waals surface area contributed by atoms with Gasteiger partial charge in [-0.2, -0.15) is 0 Å². The molecule has 4 nitrogen and oxygen atoms in total. The fourth-order valence-electron chi connectivity index (χ4n) is 1.28. The zero-order valence-corrected chi connectivity index (χ0v) is 6.56. The van der Waals surface area contributed by atoms with Gasteiger partial charge in [0.25, 0.3) is 0 Å². The van der Waals surface area contributed by atoms with E-state index in [-0.39, 0.29) is 0 Å². The van der Waals surface area contributed by atoms with Crippen molar-refractivity contribution in [1.82, 2.24) is 9.30 Å². The fourth-order valence-corrected chi connectivity index (χ4v) is 1.28. The second-order valence-electron chi connectivity index (χ2n) is 2.64. The number of aryl methyl sites for hydroxylation is 1. The summed E-state index contributed by atoms with van der Waals surface area (Å²) in [7, 11) is 1.62. The first-order chi connectivity index (χ1) is 5.72. The molecule has 0 atom stereocenters. The third-order valence-electron chi connectivity index (χ3n) is 1.94. The molecule has 0 radical (unpaired) electrons. The summed E-state index contributed by atoms with van der Waals surface area (Å²) in [5.74, 6) is 0. The third kappa shape index (κ3) is 0.689. The van der Waals surface area contributed by atoms with E-state index in [9.17, 15) is 10.0 Å². The van der Waals surface area contributed by atoms with Gasteiger partial charge in [-0.05, 0) is 12.1 Å². The number of fused-ring (bicyclic) bond motifs is 1. The number of hydrogen-bond donors (Lipinski definition) is 1. The van der Waals surface area contributed by atoms with Crippen molar-refractivity contribution >= 4 is 11.0 Å². The largest absolute Gasteiger partial charge is 0.424 e. The number of nitrogens with zero attached hydrogens (tertiary/aromatic N) is 2. The molecule has 0 aliphatic heterocycles. The van der Waals surface area contributed by atoms with E-state index in [1.807, 2.05) is 6.07 Å². The van der Waals surface area contributed by atoms with Gasteiger partial charge in [0.2, 0.25) is 0 Å². The molecule has 2 rings (SSSR count). The molecule has 2 aromatic rings. The number of hydrogen-bond acceptors (Lipinski definition) is 2. The molecule has 0 amide bonds. The van der Waals surface area contributed by atoms with Crippen LogP contribution in [0.1, 0.15) is 0 Å². The number of rotatable bonds is 0. The summed E-state index contributed by atoms with van der Waals surface area (Å²) >= 11 is 0. The van der Waals surface area contributed by atoms with Crippen molar-refractivity contribution < 1.29 is 5.21 Å². The Kier molecular flexibility index (Phi) is 1.24. The Balaban J connectivity index is 3.09. The molecule has 12 heavy (non-hydrogen) atoms. The van der Waals surface area contributed by atoms with Crippen molar-refractivity contribution in [3.63, 3.8) is 0 Å². The van der Waals surface area contributed by atoms with Crippen LogP contribution in [0, 0.1) is 0 Å². The van der Waals surface area contributed by atoms with Crippen LogP contribution < -0.4 is 5.69 Å². The van der Waals surface area contributed by atoms with Crippen molar-refractivity contribution in [3.8, 4) is 0 Å². The normalized spacial score (nSPS) is 10.8. The molecule has 0 unspecified atom stereocenters. The van der Waals surface area contributed by atoms with E-state index < -0.39 is 5.69 Å². The molecular weight excluding hydrogens is 156 g/mol. The van der Waals surface area contributed by atoms with Gasteiger partial charge < -0.3 is 5.21 Å². The van der Waals surface area contributed by atoms with E-state index in [1.54, 1.807) is 25.2 Å². The highest BCUT2D eigenvalue weighted by Crippen LogP contribution is 2.08. The first-order valence-electron chi connectivity index (χ1n) is 3.57. The maximum atomic E-state index is 11.2. The van der Waals surface area contributed by atoms with Gasteiger partial charge in [0.1, 0.15) is 5.52 Å². The predicted octanol–water partition coefficient (Wildman–Crippen LogP) is 0.577. The van der Waals surface area contributed by atoms with Crippen molar-refractivity contribution in [2.24, 2.45) is 7.05 Å². The average Bonchev–Trinajstić information content (AvgIpc) is 2.33. The highest BCUT2D eigenvalue weighted by atomic mass is 16.5. The topological polar surface area (TPSA) is 47.2 Å². The van der Waals surface area contributed by atoms with Crippen molar-refractivity contribution in [3.05, 3.63) is 34.7 Å². The second kappa shape index (κ2) is 2.14. The van der Waals surface area contributed by atoms with E-state index in [4.69, 9.17) is 0 Å². The molecule has 0 aliphatic rings. The molecule has 0 fully saturated rings. The lowest BCUT2D eigenvalue weighted by atomic mass is 10.3. The van der Waals surface area contributed by atoms with Gasteiger partial charge in [0.15, 0.2) is 0 Å². The molecule has 0 aliphatic carbocycles. The van der Waals surface area contributed by atoms with Gasteiger partial charge in [-0.3, -0.25) is 4.57 Å². The Labute approximate surface area is 68.2 Å². The molecular formula is C8H8N2O2. The van der Waals surface area contributed by atoms with Gasteiger partial charge in [0, 0.05) is 7.05 Å². The van der Waals surface area contributed by atoms with E-state index >= 15 is 0 Å².